The van der Waals surface area contributed by atoms with Crippen LogP contribution in [0.15, 0.2) is 146 Å². The predicted molar refractivity (Wildman–Crippen MR) is 249 cm³/mol. The number of fused-ring (bicyclic) bond motifs is 1. The van der Waals surface area contributed by atoms with Gasteiger partial charge >= 0.3 is 5.97 Å². The van der Waals surface area contributed by atoms with Crippen molar-refractivity contribution in [3.8, 4) is 11.3 Å². The fourth-order valence-electron chi connectivity index (χ4n) is 8.78. The summed E-state index contributed by atoms with van der Waals surface area (Å²) in [7, 11) is 0. The minimum Gasteiger partial charge on any atom is -0.460 e. The highest BCUT2D eigenvalue weighted by molar-refractivity contribution is 5.97. The van der Waals surface area contributed by atoms with Crippen molar-refractivity contribution in [3.05, 3.63) is 196 Å². The molecule has 0 amide bonds. The van der Waals surface area contributed by atoms with Gasteiger partial charge in [-0.3, -0.25) is 0 Å². The maximum atomic E-state index is 12.6. The topological polar surface area (TPSA) is 37.7 Å². The number of carbonyl (C=O) groups is 1. The number of anilines is 4. The summed E-state index contributed by atoms with van der Waals surface area (Å²) >= 11 is 0. The van der Waals surface area contributed by atoms with E-state index in [0.29, 0.717) is 12.1 Å². The SMILES string of the molecule is C=C(C)C(=O)OCCn1c(-c2ccccc2)c([C+](c2ccc(N(CC)c3c(C)cccc3C)cc2)c2ccc(N(CC)c3c(C)cccc3C)cc2C)c2ccccc21. The van der Waals surface area contributed by atoms with Crippen LogP contribution >= 0.6 is 0 Å². The average Bonchev–Trinajstić information content (AvgIpc) is 3.55. The van der Waals surface area contributed by atoms with Gasteiger partial charge in [0.2, 0.25) is 0 Å². The highest BCUT2D eigenvalue weighted by atomic mass is 16.5. The Balaban J connectivity index is 1.45. The molecule has 1 heterocycles. The van der Waals surface area contributed by atoms with Crippen molar-refractivity contribution >= 4 is 39.6 Å². The molecule has 7 aromatic rings. The Morgan fingerprint density at radius 2 is 1.19 bits per heavy atom. The molecule has 6 aromatic carbocycles. The van der Waals surface area contributed by atoms with E-state index in [-0.39, 0.29) is 12.6 Å². The van der Waals surface area contributed by atoms with Crippen molar-refractivity contribution in [3.63, 3.8) is 0 Å². The fraction of sp³-hybridized carbons (Fsp3) is 0.222. The van der Waals surface area contributed by atoms with Crippen LogP contribution in [0.2, 0.25) is 0 Å². The molecular formula is C54H56N3O2+. The summed E-state index contributed by atoms with van der Waals surface area (Å²) in [5.74, 6) is 0.772. The zero-order valence-corrected chi connectivity index (χ0v) is 35.9. The van der Waals surface area contributed by atoms with Crippen molar-refractivity contribution in [2.24, 2.45) is 0 Å². The summed E-state index contributed by atoms with van der Waals surface area (Å²) in [4.78, 5) is 17.4. The monoisotopic (exact) mass is 778 g/mol. The number of benzene rings is 6. The lowest BCUT2D eigenvalue weighted by Gasteiger charge is -2.28. The van der Waals surface area contributed by atoms with Gasteiger partial charge in [-0.2, -0.15) is 0 Å². The van der Waals surface area contributed by atoms with E-state index in [1.54, 1.807) is 6.92 Å². The van der Waals surface area contributed by atoms with Gasteiger partial charge in [0.15, 0.2) is 0 Å². The molecule has 0 saturated carbocycles. The van der Waals surface area contributed by atoms with E-state index < -0.39 is 0 Å². The van der Waals surface area contributed by atoms with Crippen LogP contribution in [0.3, 0.4) is 0 Å². The van der Waals surface area contributed by atoms with Crippen molar-refractivity contribution < 1.29 is 9.53 Å². The number of aromatic nitrogens is 1. The van der Waals surface area contributed by atoms with Crippen LogP contribution in [0, 0.1) is 40.5 Å². The standard InChI is InChI=1S/C54H56N3O2/c1-10-55(51-37(5)19-17-20-38(51)6)44-29-27-42(28-30-44)49(46-32-31-45(35-41(46)9)56(11-2)52-39(7)21-18-22-40(52)8)50-47-25-15-16-26-48(47)57(33-34-59-54(58)36(3)4)53(50)43-23-13-12-14-24-43/h12-32,35H,3,10-11,33-34H2,1-2,4-9H3/q+1. The maximum Gasteiger partial charge on any atom is 0.333 e. The lowest BCUT2D eigenvalue weighted by atomic mass is 9.80. The fourth-order valence-corrected chi connectivity index (χ4v) is 8.78. The number of hydrogen-bond acceptors (Lipinski definition) is 4. The van der Waals surface area contributed by atoms with Crippen LogP contribution in [0.5, 0.6) is 0 Å². The van der Waals surface area contributed by atoms with Gasteiger partial charge in [0.25, 0.3) is 0 Å². The van der Waals surface area contributed by atoms with Crippen LogP contribution in [0.4, 0.5) is 22.7 Å². The number of aryl methyl sites for hydroxylation is 5. The molecule has 5 nitrogen and oxygen atoms in total. The van der Waals surface area contributed by atoms with E-state index in [0.717, 1.165) is 69.2 Å². The van der Waals surface area contributed by atoms with Gasteiger partial charge in [-0.15, -0.1) is 0 Å². The van der Waals surface area contributed by atoms with E-state index in [9.17, 15) is 4.79 Å². The molecule has 7 rings (SSSR count). The molecule has 298 valence electrons. The molecule has 0 N–H and O–H groups in total. The third-order valence-corrected chi connectivity index (χ3v) is 11.5. The quantitative estimate of drug-likeness (QED) is 0.0626. The Labute approximate surface area is 351 Å². The van der Waals surface area contributed by atoms with Gasteiger partial charge in [0.1, 0.15) is 12.3 Å². The molecule has 0 atom stereocenters. The lowest BCUT2D eigenvalue weighted by molar-refractivity contribution is -0.139. The van der Waals surface area contributed by atoms with Gasteiger partial charge < -0.3 is 19.1 Å². The molecule has 0 saturated heterocycles. The van der Waals surface area contributed by atoms with Crippen LogP contribution in [0.25, 0.3) is 22.2 Å². The maximum absolute atomic E-state index is 12.6. The first-order valence-electron chi connectivity index (χ1n) is 20.8. The first-order chi connectivity index (χ1) is 28.5. The second-order valence-electron chi connectivity index (χ2n) is 15.6. The van der Waals surface area contributed by atoms with E-state index in [1.165, 1.54) is 39.2 Å². The Kier molecular flexibility index (Phi) is 12.1. The summed E-state index contributed by atoms with van der Waals surface area (Å²) < 4.78 is 8.05. The number of carbonyl (C=O) groups excluding carboxylic acids is 1. The summed E-state index contributed by atoms with van der Waals surface area (Å²) in [5, 5.41) is 1.14. The largest absolute Gasteiger partial charge is 0.460 e. The highest BCUT2D eigenvalue weighted by Gasteiger charge is 2.34. The van der Waals surface area contributed by atoms with E-state index in [4.69, 9.17) is 4.74 Å². The second kappa shape index (κ2) is 17.6. The summed E-state index contributed by atoms with van der Waals surface area (Å²) in [6, 6.07) is 48.3. The number of esters is 1. The van der Waals surface area contributed by atoms with Gasteiger partial charge in [0, 0.05) is 41.2 Å². The average molecular weight is 779 g/mol. The molecule has 5 heteroatoms. The number of ether oxygens (including phenoxy) is 1. The minimum absolute atomic E-state index is 0.220. The van der Waals surface area contributed by atoms with Gasteiger partial charge in [-0.1, -0.05) is 73.3 Å². The van der Waals surface area contributed by atoms with E-state index >= 15 is 0 Å². The Morgan fingerprint density at radius 3 is 1.75 bits per heavy atom. The summed E-state index contributed by atoms with van der Waals surface area (Å²) in [5.41, 5.74) is 18.1. The van der Waals surface area contributed by atoms with Crippen molar-refractivity contribution in [1.82, 2.24) is 4.57 Å². The molecule has 0 bridgehead atoms. The Morgan fingerprint density at radius 1 is 0.644 bits per heavy atom. The Hall–Kier alpha value is -6.46. The second-order valence-corrected chi connectivity index (χ2v) is 15.6. The third kappa shape index (κ3) is 8.03. The van der Waals surface area contributed by atoms with Gasteiger partial charge in [-0.25, -0.2) is 4.79 Å². The van der Waals surface area contributed by atoms with Gasteiger partial charge in [0.05, 0.1) is 51.4 Å². The Bertz CT molecular complexity index is 2580. The molecule has 0 fully saturated rings. The highest BCUT2D eigenvalue weighted by Crippen LogP contribution is 2.46. The molecule has 0 aliphatic heterocycles. The smallest absolute Gasteiger partial charge is 0.333 e. The molecule has 0 spiro atoms. The van der Waals surface area contributed by atoms with Crippen molar-refractivity contribution in [2.75, 3.05) is 29.5 Å². The number of para-hydroxylation sites is 3. The van der Waals surface area contributed by atoms with Crippen LogP contribution in [-0.2, 0) is 16.1 Å². The number of hydrogen-bond donors (Lipinski definition) is 0. The molecular weight excluding hydrogens is 723 g/mol. The molecule has 1 aromatic heterocycles. The van der Waals surface area contributed by atoms with Crippen molar-refractivity contribution in [1.29, 1.82) is 0 Å². The number of nitrogens with zero attached hydrogens (tertiary/aromatic N) is 3. The first kappa shape index (κ1) is 40.7. The van der Waals surface area contributed by atoms with Crippen molar-refractivity contribution in [2.45, 2.75) is 61.9 Å². The van der Waals surface area contributed by atoms with Crippen LogP contribution in [-0.4, -0.2) is 30.2 Å². The normalized spacial score (nSPS) is 11.1. The minimum atomic E-state index is -0.380. The zero-order valence-electron chi connectivity index (χ0n) is 35.9. The molecule has 0 unspecified atom stereocenters. The van der Waals surface area contributed by atoms with Crippen LogP contribution < -0.4 is 9.80 Å². The van der Waals surface area contributed by atoms with E-state index in [2.05, 4.69) is 203 Å². The first-order valence-corrected chi connectivity index (χ1v) is 20.8. The predicted octanol–water partition coefficient (Wildman–Crippen LogP) is 13.3. The van der Waals surface area contributed by atoms with E-state index in [1.807, 2.05) is 0 Å². The summed E-state index contributed by atoms with van der Waals surface area (Å²) in [6.07, 6.45) is 0. The summed E-state index contributed by atoms with van der Waals surface area (Å²) in [6.45, 7) is 23.3. The molecule has 0 aliphatic rings. The third-order valence-electron chi connectivity index (χ3n) is 11.5. The van der Waals surface area contributed by atoms with Crippen LogP contribution in [0.1, 0.15) is 65.3 Å². The molecule has 59 heavy (non-hydrogen) atoms. The molecule has 0 aliphatic carbocycles. The zero-order chi connectivity index (χ0) is 41.8. The number of rotatable bonds is 14. The van der Waals surface area contributed by atoms with Gasteiger partial charge in [-0.05, 0) is 144 Å². The lowest BCUT2D eigenvalue weighted by Crippen LogP contribution is -2.19. The molecule has 0 radical (unpaired) electrons.